The Kier molecular flexibility index (Phi) is 7.22. The molecule has 0 spiro atoms. The maximum absolute atomic E-state index is 7.27. The number of nitrogens with zero attached hydrogens (tertiary/aromatic N) is 2. The number of hydrogen-bond donors (Lipinski definition) is 0. The summed E-state index contributed by atoms with van der Waals surface area (Å²) in [6.07, 6.45) is 23.0. The van der Waals surface area contributed by atoms with Crippen molar-refractivity contribution in [1.82, 2.24) is 4.57 Å². The van der Waals surface area contributed by atoms with Crippen LogP contribution in [0.1, 0.15) is 34.4 Å². The molecule has 1 fully saturated rings. The van der Waals surface area contributed by atoms with Crippen LogP contribution in [-0.2, 0) is 11.8 Å². The van der Waals surface area contributed by atoms with Crippen molar-refractivity contribution in [2.24, 2.45) is 11.8 Å². The van der Waals surface area contributed by atoms with Crippen molar-refractivity contribution < 1.29 is 4.74 Å². The van der Waals surface area contributed by atoms with Gasteiger partial charge in [0.25, 0.3) is 0 Å². The van der Waals surface area contributed by atoms with Crippen molar-refractivity contribution >= 4 is 33.9 Å². The van der Waals surface area contributed by atoms with Crippen molar-refractivity contribution in [2.75, 3.05) is 4.90 Å². The van der Waals surface area contributed by atoms with Gasteiger partial charge in [-0.1, -0.05) is 152 Å². The van der Waals surface area contributed by atoms with Gasteiger partial charge in [0.15, 0.2) is 0 Å². The van der Waals surface area contributed by atoms with Crippen molar-refractivity contribution in [3.63, 3.8) is 0 Å². The van der Waals surface area contributed by atoms with Crippen LogP contribution in [-0.4, -0.2) is 16.7 Å². The minimum absolute atomic E-state index is 0.177. The van der Waals surface area contributed by atoms with Crippen LogP contribution in [0.3, 0.4) is 0 Å². The molecular weight excluding hydrogens is 729 g/mol. The van der Waals surface area contributed by atoms with Gasteiger partial charge >= 0.3 is 0 Å². The lowest BCUT2D eigenvalue weighted by Crippen LogP contribution is -2.45. The summed E-state index contributed by atoms with van der Waals surface area (Å²) in [5.41, 5.74) is 16.7. The molecule has 0 radical (unpaired) electrons. The second kappa shape index (κ2) is 12.9. The Morgan fingerprint density at radius 1 is 0.700 bits per heavy atom. The Morgan fingerprint density at radius 2 is 1.47 bits per heavy atom. The Bertz CT molecular complexity index is 3050. The van der Waals surface area contributed by atoms with Gasteiger partial charge < -0.3 is 14.2 Å². The van der Waals surface area contributed by atoms with Gasteiger partial charge in [-0.15, -0.1) is 0 Å². The smallest absolute Gasteiger partial charge is 0.150 e. The Hall–Kier alpha value is -7.28. The van der Waals surface area contributed by atoms with Crippen molar-refractivity contribution in [3.8, 4) is 22.6 Å². The lowest BCUT2D eigenvalue weighted by atomic mass is 9.62. The fourth-order valence-electron chi connectivity index (χ4n) is 11.1. The van der Waals surface area contributed by atoms with E-state index in [0.29, 0.717) is 11.8 Å². The highest BCUT2D eigenvalue weighted by molar-refractivity contribution is 5.97. The molecule has 0 N–H and O–H groups in total. The summed E-state index contributed by atoms with van der Waals surface area (Å²) in [6, 6.07) is 57.5. The van der Waals surface area contributed by atoms with Crippen molar-refractivity contribution in [2.45, 2.75) is 30.4 Å². The molecule has 1 aliphatic heterocycles. The van der Waals surface area contributed by atoms with Crippen LogP contribution in [0.4, 0.5) is 11.4 Å². The molecular formula is C57H40N2O. The SMILES string of the molecule is c1ccc2c(c#1)C1=C(C3(C4=CC5CC5C=C4)c4ccccc4-c4ccccc43)C=CC(N(c3ccccc3)c3ccc4c(c3)c3c(n4-c4ccccc4)CC=CC=C3)C1O2. The van der Waals surface area contributed by atoms with E-state index in [0.717, 1.165) is 29.1 Å². The zero-order valence-electron chi connectivity index (χ0n) is 33.0. The van der Waals surface area contributed by atoms with E-state index in [1.54, 1.807) is 0 Å². The maximum Gasteiger partial charge on any atom is 0.150 e. The third-order valence-corrected chi connectivity index (χ3v) is 13.8. The van der Waals surface area contributed by atoms with E-state index in [9.17, 15) is 0 Å². The summed E-state index contributed by atoms with van der Waals surface area (Å²) in [5.74, 6) is 2.09. The fraction of sp³-hybridized carbons (Fsp3) is 0.123. The largest absolute Gasteiger partial charge is 0.482 e. The van der Waals surface area contributed by atoms with Crippen LogP contribution >= 0.6 is 0 Å². The predicted molar refractivity (Wildman–Crippen MR) is 244 cm³/mol. The zero-order chi connectivity index (χ0) is 39.4. The lowest BCUT2D eigenvalue weighted by Gasteiger charge is -2.42. The van der Waals surface area contributed by atoms with Gasteiger partial charge in [-0.05, 0) is 106 Å². The molecule has 2 heterocycles. The molecule has 13 rings (SSSR count). The first-order valence-electron chi connectivity index (χ1n) is 21.3. The molecule has 0 bridgehead atoms. The number of ether oxygens (including phenoxy) is 1. The molecule has 3 heteroatoms. The fourth-order valence-corrected chi connectivity index (χ4v) is 11.1. The molecule has 284 valence electrons. The standard InChI is InChI=1S/C57H40N2O/c1-4-16-40(17-5-1)58(42-30-32-52-47(36-42)45-22-8-3-9-26-51(45)59(52)41-18-6-2-7-19-41)53-33-31-50(55-46-23-12-15-27-54(46)60-56(53)55)57(39-29-28-37-34-38(37)35-39)48-24-13-10-20-43(48)44-21-11-14-25-49(44)57/h1-11,13-22,24-25,27-33,35-38,53,56H,26,34H2. The second-order valence-electron chi connectivity index (χ2n) is 16.9. The minimum atomic E-state index is -0.532. The highest BCUT2D eigenvalue weighted by Crippen LogP contribution is 2.62. The first-order valence-corrected chi connectivity index (χ1v) is 21.3. The van der Waals surface area contributed by atoms with E-state index in [1.807, 2.05) is 6.07 Å². The highest BCUT2D eigenvalue weighted by Gasteiger charge is 2.54. The van der Waals surface area contributed by atoms with E-state index in [2.05, 4.69) is 210 Å². The number of allylic oxidation sites excluding steroid dienone is 9. The third-order valence-electron chi connectivity index (χ3n) is 13.8. The molecule has 5 aliphatic carbocycles. The van der Waals surface area contributed by atoms with Crippen LogP contribution in [0.25, 0.3) is 39.4 Å². The van der Waals surface area contributed by atoms with Crippen LogP contribution in [0.5, 0.6) is 5.75 Å². The zero-order valence-corrected chi connectivity index (χ0v) is 33.0. The first-order chi connectivity index (χ1) is 29.8. The lowest BCUT2D eigenvalue weighted by molar-refractivity contribution is 0.257. The maximum atomic E-state index is 7.27. The van der Waals surface area contributed by atoms with E-state index in [1.165, 1.54) is 73.2 Å². The molecule has 6 aliphatic rings. The van der Waals surface area contributed by atoms with Gasteiger partial charge in [0.05, 0.1) is 22.5 Å². The highest BCUT2D eigenvalue weighted by atomic mass is 16.5. The van der Waals surface area contributed by atoms with Gasteiger partial charge in [-0.3, -0.25) is 0 Å². The summed E-state index contributed by atoms with van der Waals surface area (Å²) < 4.78 is 9.71. The summed E-state index contributed by atoms with van der Waals surface area (Å²) in [7, 11) is 0. The van der Waals surface area contributed by atoms with E-state index >= 15 is 0 Å². The average molecular weight is 769 g/mol. The molecule has 1 saturated carbocycles. The van der Waals surface area contributed by atoms with Crippen LogP contribution in [0.15, 0.2) is 199 Å². The molecule has 4 atom stereocenters. The second-order valence-corrected chi connectivity index (χ2v) is 16.9. The predicted octanol–water partition coefficient (Wildman–Crippen LogP) is 12.7. The van der Waals surface area contributed by atoms with E-state index in [-0.39, 0.29) is 12.1 Å². The molecule has 7 aromatic rings. The Morgan fingerprint density at radius 3 is 2.27 bits per heavy atom. The number of rotatable bonds is 6. The Labute approximate surface area is 350 Å². The summed E-state index contributed by atoms with van der Waals surface area (Å²) >= 11 is 0. The van der Waals surface area contributed by atoms with E-state index in [4.69, 9.17) is 4.74 Å². The summed E-state index contributed by atoms with van der Waals surface area (Å²) in [4.78, 5) is 2.50. The summed E-state index contributed by atoms with van der Waals surface area (Å²) in [5, 5.41) is 1.23. The number of fused-ring (bicyclic) bond motifs is 10. The summed E-state index contributed by atoms with van der Waals surface area (Å²) in [6.45, 7) is 0. The van der Waals surface area contributed by atoms with Crippen molar-refractivity contribution in [3.05, 3.63) is 239 Å². The quantitative estimate of drug-likeness (QED) is 0.168. The molecule has 0 amide bonds. The van der Waals surface area contributed by atoms with Gasteiger partial charge in [0.2, 0.25) is 0 Å². The van der Waals surface area contributed by atoms with Crippen LogP contribution in [0, 0.1) is 24.0 Å². The first kappa shape index (κ1) is 33.7. The number of anilines is 2. The van der Waals surface area contributed by atoms with Gasteiger partial charge in [-0.25, -0.2) is 0 Å². The molecule has 4 unspecified atom stereocenters. The topological polar surface area (TPSA) is 17.4 Å². The molecule has 60 heavy (non-hydrogen) atoms. The van der Waals surface area contributed by atoms with Crippen LogP contribution < -0.4 is 9.64 Å². The Balaban J connectivity index is 1.04. The van der Waals surface area contributed by atoms with E-state index < -0.39 is 5.41 Å². The number of para-hydroxylation sites is 2. The molecule has 6 aromatic carbocycles. The minimum Gasteiger partial charge on any atom is -0.482 e. The van der Waals surface area contributed by atoms with Gasteiger partial charge in [0.1, 0.15) is 11.9 Å². The number of aromatic nitrogens is 1. The molecule has 0 saturated heterocycles. The van der Waals surface area contributed by atoms with Gasteiger partial charge in [-0.2, -0.15) is 0 Å². The molecule has 1 aromatic heterocycles. The number of hydrogen-bond acceptors (Lipinski definition) is 2. The monoisotopic (exact) mass is 768 g/mol. The number of benzene rings is 5. The third kappa shape index (κ3) is 4.74. The normalized spacial score (nSPS) is 21.8. The average Bonchev–Trinajstić information content (AvgIpc) is 3.87. The molecule has 3 nitrogen and oxygen atoms in total. The van der Waals surface area contributed by atoms with Crippen molar-refractivity contribution in [1.29, 1.82) is 0 Å². The van der Waals surface area contributed by atoms with Crippen LogP contribution in [0.2, 0.25) is 0 Å². The van der Waals surface area contributed by atoms with Gasteiger partial charge in [0, 0.05) is 45.7 Å².